The first-order valence-electron chi connectivity index (χ1n) is 7.03. The van der Waals surface area contributed by atoms with E-state index >= 15 is 0 Å². The Balaban J connectivity index is 1.80. The SMILES string of the molecule is CCOc1ccccc1CCNC(=O)C1CCCN1. The molecule has 1 saturated heterocycles. The molecule has 1 atom stereocenters. The zero-order chi connectivity index (χ0) is 13.5. The van der Waals surface area contributed by atoms with Crippen LogP contribution < -0.4 is 15.4 Å². The summed E-state index contributed by atoms with van der Waals surface area (Å²) in [5.74, 6) is 1.03. The van der Waals surface area contributed by atoms with Crippen molar-refractivity contribution in [2.24, 2.45) is 0 Å². The van der Waals surface area contributed by atoms with E-state index in [0.717, 1.165) is 37.1 Å². The van der Waals surface area contributed by atoms with Gasteiger partial charge in [-0.25, -0.2) is 0 Å². The van der Waals surface area contributed by atoms with E-state index < -0.39 is 0 Å². The highest BCUT2D eigenvalue weighted by atomic mass is 16.5. The average Bonchev–Trinajstić information content (AvgIpc) is 2.95. The van der Waals surface area contributed by atoms with Gasteiger partial charge in [-0.1, -0.05) is 18.2 Å². The van der Waals surface area contributed by atoms with Gasteiger partial charge in [0.1, 0.15) is 5.75 Å². The van der Waals surface area contributed by atoms with E-state index in [0.29, 0.717) is 13.2 Å². The number of carbonyl (C=O) groups excluding carboxylic acids is 1. The molecule has 4 nitrogen and oxygen atoms in total. The van der Waals surface area contributed by atoms with E-state index in [2.05, 4.69) is 10.6 Å². The smallest absolute Gasteiger partial charge is 0.237 e. The average molecular weight is 262 g/mol. The summed E-state index contributed by atoms with van der Waals surface area (Å²) in [5.41, 5.74) is 1.14. The second kappa shape index (κ2) is 7.14. The topological polar surface area (TPSA) is 50.4 Å². The minimum absolute atomic E-state index is 0.00198. The summed E-state index contributed by atoms with van der Waals surface area (Å²) in [4.78, 5) is 11.8. The number of hydrogen-bond acceptors (Lipinski definition) is 3. The van der Waals surface area contributed by atoms with Crippen molar-refractivity contribution in [3.63, 3.8) is 0 Å². The lowest BCUT2D eigenvalue weighted by Gasteiger charge is -2.13. The van der Waals surface area contributed by atoms with Crippen LogP contribution in [0.15, 0.2) is 24.3 Å². The van der Waals surface area contributed by atoms with Crippen LogP contribution in [0.4, 0.5) is 0 Å². The van der Waals surface area contributed by atoms with E-state index in [1.165, 1.54) is 0 Å². The molecular weight excluding hydrogens is 240 g/mol. The zero-order valence-electron chi connectivity index (χ0n) is 11.4. The van der Waals surface area contributed by atoms with Gasteiger partial charge in [0.25, 0.3) is 0 Å². The minimum atomic E-state index is 0.00198. The molecule has 1 heterocycles. The highest BCUT2D eigenvalue weighted by Crippen LogP contribution is 2.18. The molecule has 0 spiro atoms. The van der Waals surface area contributed by atoms with Crippen LogP contribution in [0.25, 0.3) is 0 Å². The molecule has 0 saturated carbocycles. The highest BCUT2D eigenvalue weighted by Gasteiger charge is 2.21. The molecule has 1 aliphatic rings. The van der Waals surface area contributed by atoms with Crippen molar-refractivity contribution in [1.29, 1.82) is 0 Å². The molecule has 0 bridgehead atoms. The van der Waals surface area contributed by atoms with Crippen molar-refractivity contribution in [2.75, 3.05) is 19.7 Å². The van der Waals surface area contributed by atoms with Gasteiger partial charge in [0.05, 0.1) is 12.6 Å². The fourth-order valence-corrected chi connectivity index (χ4v) is 2.36. The van der Waals surface area contributed by atoms with Gasteiger partial charge in [-0.15, -0.1) is 0 Å². The van der Waals surface area contributed by atoms with Crippen molar-refractivity contribution < 1.29 is 9.53 Å². The summed E-state index contributed by atoms with van der Waals surface area (Å²) in [6.07, 6.45) is 2.83. The predicted molar refractivity (Wildman–Crippen MR) is 75.3 cm³/mol. The van der Waals surface area contributed by atoms with Gasteiger partial charge >= 0.3 is 0 Å². The standard InChI is InChI=1S/C15H22N2O2/c1-2-19-14-8-4-3-6-12(14)9-11-17-15(18)13-7-5-10-16-13/h3-4,6,8,13,16H,2,5,7,9-11H2,1H3,(H,17,18). The fourth-order valence-electron chi connectivity index (χ4n) is 2.36. The molecule has 104 valence electrons. The lowest BCUT2D eigenvalue weighted by Crippen LogP contribution is -2.41. The van der Waals surface area contributed by atoms with Crippen LogP contribution in [-0.4, -0.2) is 31.6 Å². The Morgan fingerprint density at radius 3 is 3.05 bits per heavy atom. The third-order valence-electron chi connectivity index (χ3n) is 3.34. The van der Waals surface area contributed by atoms with Gasteiger partial charge in [-0.3, -0.25) is 4.79 Å². The number of nitrogens with one attached hydrogen (secondary N) is 2. The molecule has 0 radical (unpaired) electrons. The Hall–Kier alpha value is -1.55. The van der Waals surface area contributed by atoms with E-state index in [-0.39, 0.29) is 11.9 Å². The van der Waals surface area contributed by atoms with Gasteiger partial charge in [0, 0.05) is 6.54 Å². The fraction of sp³-hybridized carbons (Fsp3) is 0.533. The molecule has 1 aromatic rings. The maximum atomic E-state index is 11.8. The molecule has 4 heteroatoms. The van der Waals surface area contributed by atoms with Crippen molar-refractivity contribution in [2.45, 2.75) is 32.2 Å². The number of ether oxygens (including phenoxy) is 1. The molecule has 1 fully saturated rings. The summed E-state index contributed by atoms with van der Waals surface area (Å²) in [7, 11) is 0. The number of benzene rings is 1. The molecule has 2 N–H and O–H groups in total. The third-order valence-corrected chi connectivity index (χ3v) is 3.34. The van der Waals surface area contributed by atoms with Crippen LogP contribution in [0.3, 0.4) is 0 Å². The Morgan fingerprint density at radius 1 is 1.47 bits per heavy atom. The summed E-state index contributed by atoms with van der Waals surface area (Å²) >= 11 is 0. The Bertz CT molecular complexity index is 414. The van der Waals surface area contributed by atoms with Crippen molar-refractivity contribution in [1.82, 2.24) is 10.6 Å². The molecule has 2 rings (SSSR count). The third kappa shape index (κ3) is 3.96. The maximum Gasteiger partial charge on any atom is 0.237 e. The van der Waals surface area contributed by atoms with Crippen LogP contribution in [0.1, 0.15) is 25.3 Å². The lowest BCUT2D eigenvalue weighted by atomic mass is 10.1. The van der Waals surface area contributed by atoms with Crippen LogP contribution in [0.5, 0.6) is 5.75 Å². The minimum Gasteiger partial charge on any atom is -0.494 e. The predicted octanol–water partition coefficient (Wildman–Crippen LogP) is 1.50. The maximum absolute atomic E-state index is 11.8. The molecule has 1 aliphatic heterocycles. The molecular formula is C15H22N2O2. The monoisotopic (exact) mass is 262 g/mol. The Morgan fingerprint density at radius 2 is 2.32 bits per heavy atom. The van der Waals surface area contributed by atoms with E-state index in [4.69, 9.17) is 4.74 Å². The number of carbonyl (C=O) groups is 1. The second-order valence-electron chi connectivity index (χ2n) is 4.73. The van der Waals surface area contributed by atoms with E-state index in [9.17, 15) is 4.79 Å². The molecule has 0 aromatic heterocycles. The number of hydrogen-bond donors (Lipinski definition) is 2. The number of amides is 1. The van der Waals surface area contributed by atoms with E-state index in [1.54, 1.807) is 0 Å². The summed E-state index contributed by atoms with van der Waals surface area (Å²) in [5, 5.41) is 6.19. The number of para-hydroxylation sites is 1. The normalized spacial score (nSPS) is 18.3. The quantitative estimate of drug-likeness (QED) is 0.817. The van der Waals surface area contributed by atoms with Crippen LogP contribution >= 0.6 is 0 Å². The Kier molecular flexibility index (Phi) is 5.21. The molecule has 1 aromatic carbocycles. The first kappa shape index (κ1) is 13.9. The van der Waals surface area contributed by atoms with Crippen molar-refractivity contribution in [3.05, 3.63) is 29.8 Å². The van der Waals surface area contributed by atoms with Crippen molar-refractivity contribution in [3.8, 4) is 5.75 Å². The largest absolute Gasteiger partial charge is 0.494 e. The first-order valence-corrected chi connectivity index (χ1v) is 7.03. The summed E-state index contributed by atoms with van der Waals surface area (Å²) in [6, 6.07) is 7.99. The van der Waals surface area contributed by atoms with Gasteiger partial charge < -0.3 is 15.4 Å². The van der Waals surface area contributed by atoms with Crippen LogP contribution in [0.2, 0.25) is 0 Å². The van der Waals surface area contributed by atoms with Crippen LogP contribution in [-0.2, 0) is 11.2 Å². The first-order chi connectivity index (χ1) is 9.31. The molecule has 19 heavy (non-hydrogen) atoms. The molecule has 1 unspecified atom stereocenters. The summed E-state index contributed by atoms with van der Waals surface area (Å²) < 4.78 is 5.57. The molecule has 0 aliphatic carbocycles. The van der Waals surface area contributed by atoms with Gasteiger partial charge in [-0.05, 0) is 44.4 Å². The molecule has 1 amide bonds. The van der Waals surface area contributed by atoms with Gasteiger partial charge in [0.15, 0.2) is 0 Å². The second-order valence-corrected chi connectivity index (χ2v) is 4.73. The Labute approximate surface area is 114 Å². The zero-order valence-corrected chi connectivity index (χ0v) is 11.4. The highest BCUT2D eigenvalue weighted by molar-refractivity contribution is 5.81. The van der Waals surface area contributed by atoms with E-state index in [1.807, 2.05) is 31.2 Å². The van der Waals surface area contributed by atoms with Crippen molar-refractivity contribution >= 4 is 5.91 Å². The van der Waals surface area contributed by atoms with Crippen LogP contribution in [0, 0.1) is 0 Å². The van der Waals surface area contributed by atoms with Gasteiger partial charge in [-0.2, -0.15) is 0 Å². The van der Waals surface area contributed by atoms with Gasteiger partial charge in [0.2, 0.25) is 5.91 Å². The number of rotatable bonds is 6. The lowest BCUT2D eigenvalue weighted by molar-refractivity contribution is -0.122. The summed E-state index contributed by atoms with van der Waals surface area (Å²) in [6.45, 7) is 4.24.